The van der Waals surface area contributed by atoms with E-state index in [1.807, 2.05) is 12.1 Å². The first-order valence-corrected chi connectivity index (χ1v) is 5.34. The fraction of sp³-hybridized carbons (Fsp3) is 0.182. The first-order valence-electron chi connectivity index (χ1n) is 5.34. The molecule has 7 heteroatoms. The lowest BCUT2D eigenvalue weighted by atomic mass is 10.2. The molecule has 2 aromatic heterocycles. The Balaban J connectivity index is 2.24. The fourth-order valence-electron chi connectivity index (χ4n) is 1.54. The molecule has 1 unspecified atom stereocenters. The summed E-state index contributed by atoms with van der Waals surface area (Å²) in [5.74, 6) is -0.380. The molecule has 0 aliphatic carbocycles. The number of pyridine rings is 1. The van der Waals surface area contributed by atoms with E-state index in [2.05, 4.69) is 15.6 Å². The summed E-state index contributed by atoms with van der Waals surface area (Å²) in [5, 5.41) is 18.0. The number of carbonyl (C=O) groups excluding carboxylic acids is 1. The Morgan fingerprint density at radius 3 is 3.11 bits per heavy atom. The van der Waals surface area contributed by atoms with E-state index < -0.39 is 6.04 Å². The van der Waals surface area contributed by atoms with Crippen LogP contribution >= 0.6 is 0 Å². The number of amidine groups is 1. The Hall–Kier alpha value is -2.57. The van der Waals surface area contributed by atoms with Crippen molar-refractivity contribution in [3.8, 4) is 0 Å². The van der Waals surface area contributed by atoms with Gasteiger partial charge in [0.2, 0.25) is 0 Å². The predicted octanol–water partition coefficient (Wildman–Crippen LogP) is 0.199. The lowest BCUT2D eigenvalue weighted by Crippen LogP contribution is -2.42. The summed E-state index contributed by atoms with van der Waals surface area (Å²) in [4.78, 5) is 12.0. The second-order valence-electron chi connectivity index (χ2n) is 3.81. The Kier molecular flexibility index (Phi) is 3.13. The number of nitrogens with one attached hydrogen (secondary N) is 1. The number of carbonyl (C=O) groups is 1. The van der Waals surface area contributed by atoms with Crippen LogP contribution in [0.15, 0.2) is 35.7 Å². The van der Waals surface area contributed by atoms with Gasteiger partial charge in [-0.15, -0.1) is 0 Å². The summed E-state index contributed by atoms with van der Waals surface area (Å²) in [7, 11) is 0. The molecular weight excluding hydrogens is 234 g/mol. The Labute approximate surface area is 103 Å². The molecule has 18 heavy (non-hydrogen) atoms. The number of nitrogens with zero attached hydrogens (tertiary/aromatic N) is 3. The molecule has 7 nitrogen and oxygen atoms in total. The van der Waals surface area contributed by atoms with E-state index in [1.54, 1.807) is 23.7 Å². The minimum absolute atomic E-state index is 0.0557. The third-order valence-corrected chi connectivity index (χ3v) is 2.58. The molecule has 2 rings (SSSR count). The highest BCUT2D eigenvalue weighted by Crippen LogP contribution is 2.09. The van der Waals surface area contributed by atoms with Crippen molar-refractivity contribution >= 4 is 17.3 Å². The molecule has 0 aliphatic rings. The smallest absolute Gasteiger partial charge is 0.255 e. The Morgan fingerprint density at radius 2 is 2.39 bits per heavy atom. The highest BCUT2D eigenvalue weighted by Gasteiger charge is 2.16. The molecular formula is C11H13N5O2. The second kappa shape index (κ2) is 4.74. The molecule has 0 aliphatic heterocycles. The van der Waals surface area contributed by atoms with Crippen LogP contribution in [0.3, 0.4) is 0 Å². The summed E-state index contributed by atoms with van der Waals surface area (Å²) in [6.45, 7) is 1.62. The number of amides is 1. The van der Waals surface area contributed by atoms with Gasteiger partial charge >= 0.3 is 0 Å². The van der Waals surface area contributed by atoms with Gasteiger partial charge in [-0.1, -0.05) is 11.2 Å². The first-order chi connectivity index (χ1) is 8.63. The highest BCUT2D eigenvalue weighted by atomic mass is 16.4. The second-order valence-corrected chi connectivity index (χ2v) is 3.81. The van der Waals surface area contributed by atoms with Crippen molar-refractivity contribution in [2.45, 2.75) is 13.0 Å². The van der Waals surface area contributed by atoms with Gasteiger partial charge in [0.05, 0.1) is 23.3 Å². The Morgan fingerprint density at radius 1 is 1.61 bits per heavy atom. The lowest BCUT2D eigenvalue weighted by Gasteiger charge is -2.11. The van der Waals surface area contributed by atoms with Crippen molar-refractivity contribution < 1.29 is 10.0 Å². The van der Waals surface area contributed by atoms with Crippen LogP contribution in [0.1, 0.15) is 17.3 Å². The number of oxime groups is 1. The van der Waals surface area contributed by atoms with Gasteiger partial charge in [-0.05, 0) is 19.1 Å². The zero-order valence-electron chi connectivity index (χ0n) is 9.74. The molecule has 94 valence electrons. The van der Waals surface area contributed by atoms with Crippen molar-refractivity contribution in [3.63, 3.8) is 0 Å². The van der Waals surface area contributed by atoms with Gasteiger partial charge < -0.3 is 16.3 Å². The predicted molar refractivity (Wildman–Crippen MR) is 65.5 cm³/mol. The number of hydrogen-bond acceptors (Lipinski definition) is 4. The quantitative estimate of drug-likeness (QED) is 0.312. The average molecular weight is 247 g/mol. The van der Waals surface area contributed by atoms with Crippen molar-refractivity contribution in [2.75, 3.05) is 0 Å². The summed E-state index contributed by atoms with van der Waals surface area (Å²) in [5.41, 5.74) is 6.53. The van der Waals surface area contributed by atoms with E-state index >= 15 is 0 Å². The highest BCUT2D eigenvalue weighted by molar-refractivity contribution is 6.02. The number of fused-ring (bicyclic) bond motifs is 1. The van der Waals surface area contributed by atoms with Crippen LogP contribution in [-0.4, -0.2) is 32.6 Å². The monoisotopic (exact) mass is 247 g/mol. The van der Waals surface area contributed by atoms with E-state index in [9.17, 15) is 4.79 Å². The third kappa shape index (κ3) is 2.10. The molecule has 2 aromatic rings. The van der Waals surface area contributed by atoms with E-state index in [0.717, 1.165) is 0 Å². The molecule has 0 spiro atoms. The average Bonchev–Trinajstić information content (AvgIpc) is 2.81. The third-order valence-electron chi connectivity index (χ3n) is 2.58. The van der Waals surface area contributed by atoms with Crippen LogP contribution in [0.25, 0.3) is 5.52 Å². The van der Waals surface area contributed by atoms with Crippen molar-refractivity contribution in [2.24, 2.45) is 10.9 Å². The molecule has 0 saturated heterocycles. The molecule has 0 saturated carbocycles. The van der Waals surface area contributed by atoms with Crippen molar-refractivity contribution in [1.29, 1.82) is 0 Å². The van der Waals surface area contributed by atoms with Crippen LogP contribution in [0.4, 0.5) is 0 Å². The van der Waals surface area contributed by atoms with E-state index in [1.165, 1.54) is 6.20 Å². The minimum atomic E-state index is -0.554. The molecule has 0 fully saturated rings. The Bertz CT molecular complexity index is 604. The van der Waals surface area contributed by atoms with Crippen LogP contribution in [0.5, 0.6) is 0 Å². The summed E-state index contributed by atoms with van der Waals surface area (Å²) >= 11 is 0. The van der Waals surface area contributed by atoms with Crippen LogP contribution in [0.2, 0.25) is 0 Å². The zero-order valence-corrected chi connectivity index (χ0v) is 9.74. The van der Waals surface area contributed by atoms with Crippen LogP contribution < -0.4 is 11.1 Å². The van der Waals surface area contributed by atoms with Crippen molar-refractivity contribution in [1.82, 2.24) is 14.9 Å². The summed E-state index contributed by atoms with van der Waals surface area (Å²) in [6, 6.07) is 4.87. The number of nitrogens with two attached hydrogens (primary N) is 1. The van der Waals surface area contributed by atoms with E-state index in [4.69, 9.17) is 10.9 Å². The van der Waals surface area contributed by atoms with E-state index in [0.29, 0.717) is 11.1 Å². The maximum absolute atomic E-state index is 12.0. The van der Waals surface area contributed by atoms with Crippen LogP contribution in [0, 0.1) is 0 Å². The number of rotatable bonds is 3. The van der Waals surface area contributed by atoms with Gasteiger partial charge in [0, 0.05) is 6.20 Å². The molecule has 1 atom stereocenters. The largest absolute Gasteiger partial charge is 0.409 e. The molecule has 0 bridgehead atoms. The van der Waals surface area contributed by atoms with Gasteiger partial charge in [-0.25, -0.2) is 4.52 Å². The fourth-order valence-corrected chi connectivity index (χ4v) is 1.54. The standard InChI is InChI=1S/C11H13N5O2/c1-7(10(12)15-18)14-11(17)8-6-13-16-5-3-2-4-9(8)16/h2-7,18H,1H3,(H2,12,15)(H,14,17). The molecule has 1 amide bonds. The van der Waals surface area contributed by atoms with Gasteiger partial charge in [0.1, 0.15) is 0 Å². The number of hydrogen-bond donors (Lipinski definition) is 3. The molecule has 2 heterocycles. The molecule has 0 radical (unpaired) electrons. The van der Waals surface area contributed by atoms with Crippen molar-refractivity contribution in [3.05, 3.63) is 36.2 Å². The minimum Gasteiger partial charge on any atom is -0.409 e. The van der Waals surface area contributed by atoms with Gasteiger partial charge in [0.25, 0.3) is 5.91 Å². The van der Waals surface area contributed by atoms with Gasteiger partial charge in [-0.2, -0.15) is 5.10 Å². The topological polar surface area (TPSA) is 105 Å². The van der Waals surface area contributed by atoms with E-state index in [-0.39, 0.29) is 11.7 Å². The lowest BCUT2D eigenvalue weighted by molar-refractivity contribution is 0.0950. The SMILES string of the molecule is CC(NC(=O)c1cnn2ccccc12)/C(N)=N/O. The normalized spacial score (nSPS) is 13.5. The summed E-state index contributed by atoms with van der Waals surface area (Å²) < 4.78 is 1.60. The maximum Gasteiger partial charge on any atom is 0.255 e. The molecule has 0 aromatic carbocycles. The maximum atomic E-state index is 12.0. The number of aromatic nitrogens is 2. The zero-order chi connectivity index (χ0) is 13.1. The summed E-state index contributed by atoms with van der Waals surface area (Å²) in [6.07, 6.45) is 3.22. The van der Waals surface area contributed by atoms with Crippen LogP contribution in [-0.2, 0) is 0 Å². The molecule has 4 N–H and O–H groups in total. The first kappa shape index (κ1) is 11.9. The van der Waals surface area contributed by atoms with Gasteiger partial charge in [-0.3, -0.25) is 4.79 Å². The van der Waals surface area contributed by atoms with Gasteiger partial charge in [0.15, 0.2) is 5.84 Å².